The van der Waals surface area contributed by atoms with Crippen LogP contribution in [-0.2, 0) is 4.74 Å². The fourth-order valence-electron chi connectivity index (χ4n) is 2.21. The first kappa shape index (κ1) is 12.6. The molecule has 1 fully saturated rings. The molecule has 3 N–H and O–H groups in total. The van der Waals surface area contributed by atoms with Crippen molar-refractivity contribution in [3.63, 3.8) is 0 Å². The Morgan fingerprint density at radius 2 is 2.50 bits per heavy atom. The quantitative estimate of drug-likeness (QED) is 0.355. The highest BCUT2D eigenvalue weighted by atomic mass is 16.5. The Morgan fingerprint density at radius 3 is 3.22 bits per heavy atom. The van der Waals surface area contributed by atoms with Gasteiger partial charge in [0.15, 0.2) is 5.84 Å². The van der Waals surface area contributed by atoms with Gasteiger partial charge >= 0.3 is 0 Å². The van der Waals surface area contributed by atoms with Crippen LogP contribution in [0.5, 0.6) is 0 Å². The second kappa shape index (κ2) is 5.68. The van der Waals surface area contributed by atoms with Crippen molar-refractivity contribution in [2.24, 2.45) is 16.8 Å². The van der Waals surface area contributed by atoms with Gasteiger partial charge in [0.2, 0.25) is 0 Å². The van der Waals surface area contributed by atoms with Crippen molar-refractivity contribution in [2.75, 3.05) is 31.7 Å². The van der Waals surface area contributed by atoms with Crippen LogP contribution in [-0.4, -0.2) is 42.8 Å². The molecule has 1 unspecified atom stereocenters. The van der Waals surface area contributed by atoms with Crippen LogP contribution in [0.3, 0.4) is 0 Å². The number of hydrogen-bond acceptors (Lipinski definition) is 5. The topological polar surface area (TPSA) is 84.0 Å². The highest BCUT2D eigenvalue weighted by molar-refractivity contribution is 5.95. The molecular weight excluding hydrogens is 232 g/mol. The minimum absolute atomic E-state index is 0.0319. The molecule has 2 heterocycles. The Labute approximate surface area is 106 Å². The second-order valence-corrected chi connectivity index (χ2v) is 4.42. The van der Waals surface area contributed by atoms with Crippen molar-refractivity contribution in [2.45, 2.75) is 6.42 Å². The number of nitrogens with two attached hydrogens (primary N) is 1. The van der Waals surface area contributed by atoms with Gasteiger partial charge in [-0.05, 0) is 18.6 Å². The lowest BCUT2D eigenvalue weighted by Gasteiger charge is -2.17. The smallest absolute Gasteiger partial charge is 0.188 e. The van der Waals surface area contributed by atoms with Gasteiger partial charge in [-0.15, -0.1) is 0 Å². The van der Waals surface area contributed by atoms with Crippen LogP contribution in [0.1, 0.15) is 12.1 Å². The molecule has 0 aromatic carbocycles. The molecular formula is C12H18N4O2. The van der Waals surface area contributed by atoms with Gasteiger partial charge < -0.3 is 20.6 Å². The molecule has 18 heavy (non-hydrogen) atoms. The molecule has 1 aliphatic rings. The number of amidine groups is 1. The van der Waals surface area contributed by atoms with Gasteiger partial charge in [0, 0.05) is 26.1 Å². The maximum absolute atomic E-state index is 8.65. The summed E-state index contributed by atoms with van der Waals surface area (Å²) in [6.45, 7) is 2.66. The highest BCUT2D eigenvalue weighted by Crippen LogP contribution is 2.22. The molecule has 0 radical (unpaired) electrons. The van der Waals surface area contributed by atoms with Gasteiger partial charge in [-0.25, -0.2) is 4.98 Å². The lowest BCUT2D eigenvalue weighted by Crippen LogP contribution is -2.23. The molecule has 0 bridgehead atoms. The molecule has 98 valence electrons. The average Bonchev–Trinajstić information content (AvgIpc) is 2.87. The Bertz CT molecular complexity index is 436. The summed E-state index contributed by atoms with van der Waals surface area (Å²) in [4.78, 5) is 6.58. The van der Waals surface area contributed by atoms with Crippen LogP contribution in [0.4, 0.5) is 5.82 Å². The van der Waals surface area contributed by atoms with Crippen molar-refractivity contribution < 1.29 is 9.94 Å². The van der Waals surface area contributed by atoms with Crippen LogP contribution in [0, 0.1) is 5.92 Å². The van der Waals surface area contributed by atoms with E-state index in [1.54, 1.807) is 13.2 Å². The number of rotatable bonds is 4. The summed E-state index contributed by atoms with van der Waals surface area (Å²) in [5.41, 5.74) is 6.03. The van der Waals surface area contributed by atoms with Crippen LogP contribution in [0.15, 0.2) is 23.4 Å². The van der Waals surface area contributed by atoms with Crippen molar-refractivity contribution >= 4 is 11.7 Å². The normalized spacial score (nSPS) is 20.4. The first-order valence-corrected chi connectivity index (χ1v) is 5.93. The number of pyridine rings is 1. The zero-order chi connectivity index (χ0) is 13.0. The standard InChI is InChI=1S/C12H18N4O2/c1-18-8-9-5-6-16(7-9)11-4-2-3-10(14-11)12(13)15-17/h2-4,9,17H,5-8H2,1H3,(H2,13,15). The molecule has 0 amide bonds. The minimum atomic E-state index is 0.0319. The zero-order valence-corrected chi connectivity index (χ0v) is 10.4. The van der Waals surface area contributed by atoms with Crippen LogP contribution in [0.2, 0.25) is 0 Å². The molecule has 1 aromatic heterocycles. The molecule has 1 aliphatic heterocycles. The van der Waals surface area contributed by atoms with E-state index < -0.39 is 0 Å². The van der Waals surface area contributed by atoms with Crippen LogP contribution < -0.4 is 10.6 Å². The second-order valence-electron chi connectivity index (χ2n) is 4.42. The first-order valence-electron chi connectivity index (χ1n) is 5.93. The zero-order valence-electron chi connectivity index (χ0n) is 10.4. The van der Waals surface area contributed by atoms with Gasteiger partial charge in [0.05, 0.1) is 6.61 Å². The molecule has 6 heteroatoms. The fraction of sp³-hybridized carbons (Fsp3) is 0.500. The van der Waals surface area contributed by atoms with Crippen LogP contribution >= 0.6 is 0 Å². The van der Waals surface area contributed by atoms with E-state index in [1.165, 1.54) is 0 Å². The number of aromatic nitrogens is 1. The molecule has 1 atom stereocenters. The molecule has 1 aromatic rings. The summed E-state index contributed by atoms with van der Waals surface area (Å²) in [6, 6.07) is 5.52. The molecule has 6 nitrogen and oxygen atoms in total. The predicted octanol–water partition coefficient (Wildman–Crippen LogP) is 0.649. The number of oxime groups is 1. The number of methoxy groups -OCH3 is 1. The Hall–Kier alpha value is -1.82. The molecule has 1 saturated heterocycles. The fourth-order valence-corrected chi connectivity index (χ4v) is 2.21. The van der Waals surface area contributed by atoms with E-state index in [-0.39, 0.29) is 5.84 Å². The lowest BCUT2D eigenvalue weighted by atomic mass is 10.1. The Balaban J connectivity index is 2.10. The summed E-state index contributed by atoms with van der Waals surface area (Å²) in [5.74, 6) is 1.44. The summed E-state index contributed by atoms with van der Waals surface area (Å²) < 4.78 is 5.17. The van der Waals surface area contributed by atoms with Crippen molar-refractivity contribution in [1.29, 1.82) is 0 Å². The summed E-state index contributed by atoms with van der Waals surface area (Å²) in [6.07, 6.45) is 1.10. The summed E-state index contributed by atoms with van der Waals surface area (Å²) >= 11 is 0. The lowest BCUT2D eigenvalue weighted by molar-refractivity contribution is 0.161. The maximum atomic E-state index is 8.65. The highest BCUT2D eigenvalue weighted by Gasteiger charge is 2.23. The monoisotopic (exact) mass is 250 g/mol. The largest absolute Gasteiger partial charge is 0.409 e. The van der Waals surface area contributed by atoms with Crippen molar-refractivity contribution in [1.82, 2.24) is 4.98 Å². The van der Waals surface area contributed by atoms with E-state index in [2.05, 4.69) is 15.0 Å². The van der Waals surface area contributed by atoms with Gasteiger partial charge in [-0.2, -0.15) is 0 Å². The Morgan fingerprint density at radius 1 is 1.67 bits per heavy atom. The molecule has 0 spiro atoms. The van der Waals surface area contributed by atoms with Gasteiger partial charge in [-0.3, -0.25) is 0 Å². The van der Waals surface area contributed by atoms with Gasteiger partial charge in [0.1, 0.15) is 11.5 Å². The van der Waals surface area contributed by atoms with Gasteiger partial charge in [0.25, 0.3) is 0 Å². The van der Waals surface area contributed by atoms with E-state index in [0.717, 1.165) is 31.9 Å². The first-order chi connectivity index (χ1) is 8.74. The maximum Gasteiger partial charge on any atom is 0.188 e. The third-order valence-electron chi connectivity index (χ3n) is 3.12. The van der Waals surface area contributed by atoms with Crippen molar-refractivity contribution in [3.8, 4) is 0 Å². The van der Waals surface area contributed by atoms with Gasteiger partial charge in [-0.1, -0.05) is 11.2 Å². The van der Waals surface area contributed by atoms with E-state index in [1.807, 2.05) is 12.1 Å². The van der Waals surface area contributed by atoms with E-state index in [4.69, 9.17) is 15.7 Å². The number of ether oxygens (including phenoxy) is 1. The Kier molecular flexibility index (Phi) is 3.99. The minimum Gasteiger partial charge on any atom is -0.409 e. The molecule has 0 saturated carbocycles. The van der Waals surface area contributed by atoms with Crippen molar-refractivity contribution in [3.05, 3.63) is 23.9 Å². The third-order valence-corrected chi connectivity index (χ3v) is 3.12. The number of nitrogens with zero attached hydrogens (tertiary/aromatic N) is 3. The molecule has 0 aliphatic carbocycles. The van der Waals surface area contributed by atoms with Crippen LogP contribution in [0.25, 0.3) is 0 Å². The summed E-state index contributed by atoms with van der Waals surface area (Å²) in [7, 11) is 1.72. The van der Waals surface area contributed by atoms with E-state index in [9.17, 15) is 0 Å². The third kappa shape index (κ3) is 2.70. The number of anilines is 1. The van der Waals surface area contributed by atoms with E-state index >= 15 is 0 Å². The summed E-state index contributed by atoms with van der Waals surface area (Å²) in [5, 5.41) is 11.6. The number of hydrogen-bond donors (Lipinski definition) is 2. The average molecular weight is 250 g/mol. The van der Waals surface area contributed by atoms with E-state index in [0.29, 0.717) is 11.6 Å². The molecule has 2 rings (SSSR count). The SMILES string of the molecule is COCC1CCN(c2cccc(C(N)=NO)n2)C1. The predicted molar refractivity (Wildman–Crippen MR) is 68.9 cm³/mol.